The van der Waals surface area contributed by atoms with E-state index in [0.717, 1.165) is 12.8 Å². The first-order valence-corrected chi connectivity index (χ1v) is 12.1. The Kier molecular flexibility index (Phi) is 5.56. The van der Waals surface area contributed by atoms with Crippen LogP contribution in [0.5, 0.6) is 0 Å². The minimum absolute atomic E-state index is 0.0340. The van der Waals surface area contributed by atoms with Crippen LogP contribution in [-0.4, -0.2) is 21.2 Å². The molecule has 5 rings (SSSR count). The number of nitrogens with one attached hydrogen (secondary N) is 1. The van der Waals surface area contributed by atoms with Crippen LogP contribution in [0.3, 0.4) is 0 Å². The number of rotatable bonds is 5. The highest BCUT2D eigenvalue weighted by molar-refractivity contribution is 7.99. The molecule has 1 unspecified atom stereocenters. The van der Waals surface area contributed by atoms with Gasteiger partial charge < -0.3 is 5.32 Å². The van der Waals surface area contributed by atoms with Gasteiger partial charge in [-0.2, -0.15) is 0 Å². The predicted octanol–water partition coefficient (Wildman–Crippen LogP) is 5.00. The highest BCUT2D eigenvalue weighted by Gasteiger charge is 2.24. The molecule has 5 nitrogen and oxygen atoms in total. The predicted molar refractivity (Wildman–Crippen MR) is 127 cm³/mol. The highest BCUT2D eigenvalue weighted by atomic mass is 35.5. The van der Waals surface area contributed by atoms with E-state index in [9.17, 15) is 9.59 Å². The van der Waals surface area contributed by atoms with Crippen LogP contribution in [0.4, 0.5) is 0 Å². The SMILES string of the molecule is O=C(CSc1nc2ccsc2c(=O)n1-c1cccc(Cl)c1)NC1CCc2ccccc21. The van der Waals surface area contributed by atoms with Crippen molar-refractivity contribution >= 4 is 50.8 Å². The van der Waals surface area contributed by atoms with Crippen LogP contribution in [-0.2, 0) is 11.2 Å². The Morgan fingerprint density at radius 2 is 2.10 bits per heavy atom. The van der Waals surface area contributed by atoms with Gasteiger partial charge >= 0.3 is 0 Å². The summed E-state index contributed by atoms with van der Waals surface area (Å²) in [5.41, 5.74) is 3.60. The van der Waals surface area contributed by atoms with Crippen molar-refractivity contribution in [1.82, 2.24) is 14.9 Å². The third kappa shape index (κ3) is 4.01. The molecule has 1 N–H and O–H groups in total. The van der Waals surface area contributed by atoms with Crippen molar-refractivity contribution in [3.8, 4) is 5.69 Å². The second-order valence-electron chi connectivity index (χ2n) is 7.30. The molecule has 31 heavy (non-hydrogen) atoms. The molecule has 2 aromatic carbocycles. The van der Waals surface area contributed by atoms with Gasteiger partial charge in [0, 0.05) is 5.02 Å². The Bertz CT molecular complexity index is 1350. The van der Waals surface area contributed by atoms with Gasteiger partial charge in [-0.15, -0.1) is 11.3 Å². The van der Waals surface area contributed by atoms with E-state index in [1.54, 1.807) is 18.2 Å². The summed E-state index contributed by atoms with van der Waals surface area (Å²) in [6.45, 7) is 0. The van der Waals surface area contributed by atoms with E-state index in [1.165, 1.54) is 38.8 Å². The molecule has 0 radical (unpaired) electrons. The lowest BCUT2D eigenvalue weighted by Crippen LogP contribution is -2.29. The van der Waals surface area contributed by atoms with Gasteiger partial charge in [0.05, 0.1) is 23.0 Å². The molecule has 2 heterocycles. The molecule has 156 valence electrons. The zero-order valence-corrected chi connectivity index (χ0v) is 18.8. The molecule has 1 aliphatic rings. The van der Waals surface area contributed by atoms with Crippen LogP contribution in [0.2, 0.25) is 5.02 Å². The number of fused-ring (bicyclic) bond motifs is 2. The summed E-state index contributed by atoms with van der Waals surface area (Å²) in [6.07, 6.45) is 1.88. The first kappa shape index (κ1) is 20.3. The topological polar surface area (TPSA) is 64.0 Å². The van der Waals surface area contributed by atoms with Crippen LogP contribution in [0, 0.1) is 0 Å². The van der Waals surface area contributed by atoms with Gasteiger partial charge in [0.15, 0.2) is 5.16 Å². The second-order valence-corrected chi connectivity index (χ2v) is 9.59. The zero-order valence-electron chi connectivity index (χ0n) is 16.4. The number of aryl methyl sites for hydroxylation is 1. The Hall–Kier alpha value is -2.61. The molecular weight excluding hydrogens is 450 g/mol. The van der Waals surface area contributed by atoms with E-state index >= 15 is 0 Å². The number of amides is 1. The van der Waals surface area contributed by atoms with Gasteiger partial charge in [-0.25, -0.2) is 4.98 Å². The van der Waals surface area contributed by atoms with Gasteiger partial charge in [-0.05, 0) is 53.6 Å². The molecule has 4 aromatic rings. The summed E-state index contributed by atoms with van der Waals surface area (Å²) in [7, 11) is 0. The Labute approximate surface area is 192 Å². The van der Waals surface area contributed by atoms with Crippen molar-refractivity contribution in [3.05, 3.63) is 86.5 Å². The minimum Gasteiger partial charge on any atom is -0.349 e. The number of hydrogen-bond donors (Lipinski definition) is 1. The van der Waals surface area contributed by atoms with E-state index in [0.29, 0.717) is 26.1 Å². The molecule has 1 aliphatic carbocycles. The molecular formula is C23H18ClN3O2S2. The molecule has 1 amide bonds. The summed E-state index contributed by atoms with van der Waals surface area (Å²) in [5, 5.41) is 5.98. The highest BCUT2D eigenvalue weighted by Crippen LogP contribution is 2.31. The fourth-order valence-corrected chi connectivity index (χ4v) is 5.67. The number of halogens is 1. The molecule has 0 aliphatic heterocycles. The molecule has 0 spiro atoms. The molecule has 0 bridgehead atoms. The maximum absolute atomic E-state index is 13.2. The average Bonchev–Trinajstić information content (AvgIpc) is 3.40. The van der Waals surface area contributed by atoms with E-state index in [-0.39, 0.29) is 23.3 Å². The number of benzene rings is 2. The van der Waals surface area contributed by atoms with Gasteiger partial charge in [0.1, 0.15) is 4.70 Å². The number of nitrogens with zero attached hydrogens (tertiary/aromatic N) is 2. The number of carbonyl (C=O) groups is 1. The van der Waals surface area contributed by atoms with Crippen molar-refractivity contribution < 1.29 is 4.79 Å². The lowest BCUT2D eigenvalue weighted by molar-refractivity contribution is -0.119. The standard InChI is InChI=1S/C23H18ClN3O2S2/c24-15-5-3-6-16(12-15)27-22(29)21-19(10-11-30-21)26-23(27)31-13-20(28)25-18-9-8-14-4-1-2-7-17(14)18/h1-7,10-12,18H,8-9,13H2,(H,25,28). The summed E-state index contributed by atoms with van der Waals surface area (Å²) >= 11 is 8.77. The van der Waals surface area contributed by atoms with Crippen LogP contribution in [0.1, 0.15) is 23.6 Å². The van der Waals surface area contributed by atoms with E-state index in [1.807, 2.05) is 29.6 Å². The van der Waals surface area contributed by atoms with Crippen molar-refractivity contribution in [3.63, 3.8) is 0 Å². The Morgan fingerprint density at radius 1 is 1.23 bits per heavy atom. The maximum Gasteiger partial charge on any atom is 0.276 e. The van der Waals surface area contributed by atoms with Gasteiger partial charge in [0.25, 0.3) is 5.56 Å². The average molecular weight is 468 g/mol. The maximum atomic E-state index is 13.2. The van der Waals surface area contributed by atoms with E-state index in [2.05, 4.69) is 22.4 Å². The van der Waals surface area contributed by atoms with E-state index in [4.69, 9.17) is 11.6 Å². The van der Waals surface area contributed by atoms with Crippen LogP contribution < -0.4 is 10.9 Å². The van der Waals surface area contributed by atoms with Crippen molar-refractivity contribution in [2.75, 3.05) is 5.75 Å². The number of carbonyl (C=O) groups excluding carboxylic acids is 1. The van der Waals surface area contributed by atoms with Crippen molar-refractivity contribution in [2.45, 2.75) is 24.0 Å². The fraction of sp³-hybridized carbons (Fsp3) is 0.174. The third-order valence-corrected chi connectivity index (χ3v) is 7.38. The summed E-state index contributed by atoms with van der Waals surface area (Å²) in [6, 6.07) is 17.2. The molecule has 2 aromatic heterocycles. The van der Waals surface area contributed by atoms with E-state index < -0.39 is 0 Å². The number of aromatic nitrogens is 2. The summed E-state index contributed by atoms with van der Waals surface area (Å²) < 4.78 is 2.12. The lowest BCUT2D eigenvalue weighted by atomic mass is 10.1. The van der Waals surface area contributed by atoms with Gasteiger partial charge in [-0.3, -0.25) is 14.2 Å². The zero-order chi connectivity index (χ0) is 21.4. The normalized spacial score (nSPS) is 15.2. The monoisotopic (exact) mass is 467 g/mol. The van der Waals surface area contributed by atoms with Crippen LogP contribution in [0.15, 0.2) is 69.9 Å². The van der Waals surface area contributed by atoms with Crippen molar-refractivity contribution in [2.24, 2.45) is 0 Å². The number of thioether (sulfide) groups is 1. The number of hydrogen-bond acceptors (Lipinski definition) is 5. The van der Waals surface area contributed by atoms with Crippen molar-refractivity contribution in [1.29, 1.82) is 0 Å². The Morgan fingerprint density at radius 3 is 2.97 bits per heavy atom. The van der Waals surface area contributed by atoms with Crippen LogP contribution in [0.25, 0.3) is 15.9 Å². The van der Waals surface area contributed by atoms with Crippen LogP contribution >= 0.6 is 34.7 Å². The fourth-order valence-electron chi connectivity index (χ4n) is 3.90. The smallest absolute Gasteiger partial charge is 0.276 e. The Balaban J connectivity index is 1.41. The van der Waals surface area contributed by atoms with Gasteiger partial charge in [-0.1, -0.05) is 53.7 Å². The molecule has 1 atom stereocenters. The molecule has 0 saturated carbocycles. The minimum atomic E-state index is -0.158. The third-order valence-electron chi connectivity index (χ3n) is 5.32. The molecule has 0 fully saturated rings. The molecule has 8 heteroatoms. The summed E-state index contributed by atoms with van der Waals surface area (Å²) in [5.74, 6) is 0.0884. The summed E-state index contributed by atoms with van der Waals surface area (Å²) in [4.78, 5) is 30.5. The quantitative estimate of drug-likeness (QED) is 0.331. The number of thiophene rings is 1. The lowest BCUT2D eigenvalue weighted by Gasteiger charge is -2.15. The van der Waals surface area contributed by atoms with Gasteiger partial charge in [0.2, 0.25) is 5.91 Å². The first-order valence-electron chi connectivity index (χ1n) is 9.86. The first-order chi connectivity index (χ1) is 15.1. The molecule has 0 saturated heterocycles. The second kappa shape index (κ2) is 8.49. The largest absolute Gasteiger partial charge is 0.349 e.